The Bertz CT molecular complexity index is 1120. The average Bonchev–Trinajstić information content (AvgIpc) is 2.78. The largest absolute Gasteiger partial charge is 0.494 e. The molecule has 0 fully saturated rings. The predicted octanol–water partition coefficient (Wildman–Crippen LogP) is 4.57. The first-order chi connectivity index (χ1) is 15.3. The van der Waals surface area contributed by atoms with E-state index >= 15 is 0 Å². The first-order valence-electron chi connectivity index (χ1n) is 9.58. The Morgan fingerprint density at radius 3 is 2.19 bits per heavy atom. The zero-order valence-corrected chi connectivity index (χ0v) is 18.0. The Hall–Kier alpha value is -4.51. The summed E-state index contributed by atoms with van der Waals surface area (Å²) in [6.07, 6.45) is 0. The van der Waals surface area contributed by atoms with E-state index in [0.29, 0.717) is 24.5 Å². The van der Waals surface area contributed by atoms with Crippen molar-refractivity contribution in [2.75, 3.05) is 30.4 Å². The van der Waals surface area contributed by atoms with Gasteiger partial charge in [-0.05, 0) is 19.9 Å². The number of nitrogens with one attached hydrogen (secondary N) is 1. The fourth-order valence-electron chi connectivity index (χ4n) is 3.01. The lowest BCUT2D eigenvalue weighted by Crippen LogP contribution is -2.22. The van der Waals surface area contributed by atoms with E-state index in [1.54, 1.807) is 24.3 Å². The Morgan fingerprint density at radius 2 is 1.75 bits per heavy atom. The molecule has 0 heterocycles. The number of methoxy groups -OCH3 is 1. The van der Waals surface area contributed by atoms with Crippen LogP contribution in [0.3, 0.4) is 0 Å². The summed E-state index contributed by atoms with van der Waals surface area (Å²) in [4.78, 5) is 24.1. The van der Waals surface area contributed by atoms with E-state index in [9.17, 15) is 25.4 Å². The number of nitrogens with zero attached hydrogens (tertiary/aromatic N) is 6. The van der Waals surface area contributed by atoms with Crippen molar-refractivity contribution in [3.8, 4) is 17.9 Å². The molecule has 164 valence electrons. The molecular weight excluding hydrogens is 414 g/mol. The van der Waals surface area contributed by atoms with Gasteiger partial charge < -0.3 is 15.0 Å². The number of nitriles is 2. The van der Waals surface area contributed by atoms with Gasteiger partial charge in [-0.1, -0.05) is 0 Å². The van der Waals surface area contributed by atoms with Gasteiger partial charge in [-0.15, -0.1) is 10.2 Å². The highest BCUT2D eigenvalue weighted by molar-refractivity contribution is 5.93. The van der Waals surface area contributed by atoms with Crippen LogP contribution in [0.2, 0.25) is 0 Å². The summed E-state index contributed by atoms with van der Waals surface area (Å²) in [5, 5.41) is 40.6. The average molecular weight is 435 g/mol. The second-order valence-corrected chi connectivity index (χ2v) is 6.46. The molecule has 0 aromatic heterocycles. The van der Waals surface area contributed by atoms with Crippen LogP contribution in [-0.2, 0) is 4.79 Å². The Labute approximate surface area is 184 Å². The number of hydrogen-bond donors (Lipinski definition) is 1. The molecule has 2 aromatic rings. The monoisotopic (exact) mass is 435 g/mol. The number of hydrogen-bond acceptors (Lipinski definition) is 9. The highest BCUT2D eigenvalue weighted by Crippen LogP contribution is 2.40. The number of rotatable bonds is 8. The lowest BCUT2D eigenvalue weighted by molar-refractivity contribution is -0.384. The molecule has 0 atom stereocenters. The number of nitro groups is 1. The zero-order chi connectivity index (χ0) is 23.8. The zero-order valence-electron chi connectivity index (χ0n) is 18.0. The van der Waals surface area contributed by atoms with Crippen LogP contribution in [0.25, 0.3) is 0 Å². The predicted molar refractivity (Wildman–Crippen MR) is 118 cm³/mol. The van der Waals surface area contributed by atoms with Crippen molar-refractivity contribution in [1.29, 1.82) is 10.5 Å². The van der Waals surface area contributed by atoms with Gasteiger partial charge in [0.1, 0.15) is 29.3 Å². The molecule has 0 saturated heterocycles. The van der Waals surface area contributed by atoms with E-state index in [2.05, 4.69) is 15.5 Å². The maximum Gasteiger partial charge on any atom is 0.272 e. The molecule has 0 aliphatic carbocycles. The molecule has 32 heavy (non-hydrogen) atoms. The summed E-state index contributed by atoms with van der Waals surface area (Å²) in [5.41, 5.74) is 0.454. The molecule has 0 unspecified atom stereocenters. The van der Waals surface area contributed by atoms with Gasteiger partial charge in [-0.2, -0.15) is 10.5 Å². The van der Waals surface area contributed by atoms with Gasteiger partial charge in [-0.25, -0.2) is 0 Å². The number of non-ortho nitro benzene ring substituents is 1. The summed E-state index contributed by atoms with van der Waals surface area (Å²) >= 11 is 0. The maximum absolute atomic E-state index is 11.7. The van der Waals surface area contributed by atoms with Gasteiger partial charge in [0.05, 0.1) is 34.5 Å². The Morgan fingerprint density at radius 1 is 1.16 bits per heavy atom. The number of benzene rings is 2. The van der Waals surface area contributed by atoms with E-state index < -0.39 is 10.6 Å². The summed E-state index contributed by atoms with van der Waals surface area (Å²) in [5.74, 6) is 0.157. The standard InChI is InChI=1S/C21H21N7O4/c1-5-27(6-2)19-9-17(24-13(3)29)18(10-20(19)32-4)25-26-21-14(11-22)7-16(28(30)31)8-15(21)12-23/h7-10H,5-6H2,1-4H3,(H,24,29). The van der Waals surface area contributed by atoms with Gasteiger partial charge in [0.25, 0.3) is 5.69 Å². The minimum absolute atomic E-state index is 0.110. The Balaban J connectivity index is 2.68. The van der Waals surface area contributed by atoms with Crippen LogP contribution in [0.15, 0.2) is 34.5 Å². The molecule has 0 radical (unpaired) electrons. The highest BCUT2D eigenvalue weighted by atomic mass is 16.6. The molecule has 0 spiro atoms. The van der Waals surface area contributed by atoms with Crippen LogP contribution in [-0.4, -0.2) is 31.0 Å². The highest BCUT2D eigenvalue weighted by Gasteiger charge is 2.18. The van der Waals surface area contributed by atoms with E-state index in [1.807, 2.05) is 18.7 Å². The van der Waals surface area contributed by atoms with Crippen molar-refractivity contribution >= 4 is 34.3 Å². The van der Waals surface area contributed by atoms with Gasteiger partial charge in [-0.3, -0.25) is 14.9 Å². The quantitative estimate of drug-likeness (QED) is 0.361. The van der Waals surface area contributed by atoms with Crippen LogP contribution in [0.1, 0.15) is 31.9 Å². The summed E-state index contributed by atoms with van der Waals surface area (Å²) in [6.45, 7) is 6.71. The van der Waals surface area contributed by atoms with Crippen molar-refractivity contribution in [1.82, 2.24) is 0 Å². The molecule has 1 N–H and O–H groups in total. The molecule has 1 amide bonds. The summed E-state index contributed by atoms with van der Waals surface area (Å²) < 4.78 is 5.48. The third-order valence-electron chi connectivity index (χ3n) is 4.52. The SMILES string of the molecule is CCN(CC)c1cc(NC(C)=O)c(N=Nc2c(C#N)cc([N+](=O)[O-])cc2C#N)cc1OC. The molecule has 0 bridgehead atoms. The van der Waals surface area contributed by atoms with Gasteiger partial charge in [0.15, 0.2) is 0 Å². The van der Waals surface area contributed by atoms with Gasteiger partial charge in [0, 0.05) is 38.2 Å². The topological polar surface area (TPSA) is 157 Å². The second-order valence-electron chi connectivity index (χ2n) is 6.46. The maximum atomic E-state index is 11.7. The van der Waals surface area contributed by atoms with Gasteiger partial charge in [0.2, 0.25) is 5.91 Å². The lowest BCUT2D eigenvalue weighted by atomic mass is 10.1. The molecule has 2 aromatic carbocycles. The summed E-state index contributed by atoms with van der Waals surface area (Å²) in [7, 11) is 1.50. The lowest BCUT2D eigenvalue weighted by Gasteiger charge is -2.24. The minimum atomic E-state index is -0.700. The normalized spacial score (nSPS) is 10.3. The van der Waals surface area contributed by atoms with Crippen molar-refractivity contribution in [2.24, 2.45) is 10.2 Å². The summed E-state index contributed by atoms with van der Waals surface area (Å²) in [6, 6.07) is 8.92. The number of amides is 1. The minimum Gasteiger partial charge on any atom is -0.494 e. The molecule has 0 saturated carbocycles. The molecule has 11 nitrogen and oxygen atoms in total. The third-order valence-corrected chi connectivity index (χ3v) is 4.52. The van der Waals surface area contributed by atoms with Crippen LogP contribution in [0, 0.1) is 32.8 Å². The molecule has 0 aliphatic heterocycles. The number of ether oxygens (including phenoxy) is 1. The van der Waals surface area contributed by atoms with E-state index in [-0.39, 0.29) is 28.4 Å². The Kier molecular flexibility index (Phi) is 7.80. The molecule has 0 aliphatic rings. The first-order valence-corrected chi connectivity index (χ1v) is 9.58. The number of azo groups is 1. The van der Waals surface area contributed by atoms with Crippen molar-refractivity contribution in [2.45, 2.75) is 20.8 Å². The molecule has 11 heteroatoms. The van der Waals surface area contributed by atoms with Crippen molar-refractivity contribution < 1.29 is 14.5 Å². The van der Waals surface area contributed by atoms with Crippen molar-refractivity contribution in [3.05, 3.63) is 45.5 Å². The molecular formula is C21H21N7O4. The number of anilines is 2. The van der Waals surface area contributed by atoms with Crippen LogP contribution >= 0.6 is 0 Å². The van der Waals surface area contributed by atoms with Gasteiger partial charge >= 0.3 is 0 Å². The second kappa shape index (κ2) is 10.5. The fourth-order valence-corrected chi connectivity index (χ4v) is 3.01. The van der Waals surface area contributed by atoms with Crippen molar-refractivity contribution in [3.63, 3.8) is 0 Å². The van der Waals surface area contributed by atoms with E-state index in [1.165, 1.54) is 14.0 Å². The number of carbonyl (C=O) groups excluding carboxylic acids is 1. The van der Waals surface area contributed by atoms with Crippen LogP contribution in [0.5, 0.6) is 5.75 Å². The van der Waals surface area contributed by atoms with Crippen LogP contribution in [0.4, 0.5) is 28.4 Å². The van der Waals surface area contributed by atoms with E-state index in [0.717, 1.165) is 17.8 Å². The van der Waals surface area contributed by atoms with Crippen LogP contribution < -0.4 is 15.0 Å². The first kappa shape index (κ1) is 23.8. The number of carbonyl (C=O) groups is 1. The van der Waals surface area contributed by atoms with E-state index in [4.69, 9.17) is 4.74 Å². The fraction of sp³-hybridized carbons (Fsp3) is 0.286. The smallest absolute Gasteiger partial charge is 0.272 e. The third kappa shape index (κ3) is 5.15. The number of nitro benzene ring substituents is 1. The molecule has 2 rings (SSSR count).